The summed E-state index contributed by atoms with van der Waals surface area (Å²) in [4.78, 5) is 0. The zero-order valence-corrected chi connectivity index (χ0v) is 21.7. The van der Waals surface area contributed by atoms with Gasteiger partial charge in [0.25, 0.3) is 0 Å². The lowest BCUT2D eigenvalue weighted by Crippen LogP contribution is -1.99. The van der Waals surface area contributed by atoms with E-state index in [1.807, 2.05) is 0 Å². The summed E-state index contributed by atoms with van der Waals surface area (Å²) in [7, 11) is 0. The molecule has 0 heteroatoms. The minimum atomic E-state index is 0.564. The third-order valence-corrected chi connectivity index (χ3v) is 7.58. The van der Waals surface area contributed by atoms with Crippen molar-refractivity contribution < 1.29 is 0 Å². The number of benzene rings is 4. The zero-order valence-electron chi connectivity index (χ0n) is 21.7. The van der Waals surface area contributed by atoms with Crippen LogP contribution in [-0.4, -0.2) is 0 Å². The maximum atomic E-state index is 2.37. The van der Waals surface area contributed by atoms with Gasteiger partial charge in [0.15, 0.2) is 0 Å². The van der Waals surface area contributed by atoms with Crippen LogP contribution in [0.4, 0.5) is 0 Å². The topological polar surface area (TPSA) is 0 Å². The standard InChI is InChI=1S/C33H38/c1-9-26-17-23(6)32-15-12-28(25(8)33(32)24(26)7)19-27-10-11-29(16-21(27)4)30-13-14-31(20(2)3)22(5)18-30/h10-18,20H,9,19H2,1-8H3. The quantitative estimate of drug-likeness (QED) is 0.293. The van der Waals surface area contributed by atoms with Crippen molar-refractivity contribution in [1.29, 1.82) is 0 Å². The predicted molar refractivity (Wildman–Crippen MR) is 146 cm³/mol. The van der Waals surface area contributed by atoms with E-state index in [0.29, 0.717) is 5.92 Å². The van der Waals surface area contributed by atoms with Gasteiger partial charge in [0.2, 0.25) is 0 Å². The van der Waals surface area contributed by atoms with Gasteiger partial charge in [0.05, 0.1) is 0 Å². The van der Waals surface area contributed by atoms with Gasteiger partial charge in [-0.25, -0.2) is 0 Å². The average molecular weight is 435 g/mol. The molecule has 4 aromatic carbocycles. The Morgan fingerprint density at radius 3 is 1.82 bits per heavy atom. The van der Waals surface area contributed by atoms with Gasteiger partial charge in [-0.2, -0.15) is 0 Å². The summed E-state index contributed by atoms with van der Waals surface area (Å²) in [5.74, 6) is 0.564. The third-order valence-electron chi connectivity index (χ3n) is 7.58. The third kappa shape index (κ3) is 4.36. The second-order valence-electron chi connectivity index (χ2n) is 10.1. The minimum Gasteiger partial charge on any atom is -0.0613 e. The van der Waals surface area contributed by atoms with Crippen LogP contribution in [0.5, 0.6) is 0 Å². The molecule has 0 N–H and O–H groups in total. The van der Waals surface area contributed by atoms with Gasteiger partial charge in [-0.1, -0.05) is 75.4 Å². The van der Waals surface area contributed by atoms with Gasteiger partial charge in [-0.15, -0.1) is 0 Å². The molecule has 0 fully saturated rings. The monoisotopic (exact) mass is 434 g/mol. The van der Waals surface area contributed by atoms with E-state index in [4.69, 9.17) is 0 Å². The highest BCUT2D eigenvalue weighted by molar-refractivity contribution is 5.93. The Balaban J connectivity index is 1.70. The van der Waals surface area contributed by atoms with Crippen molar-refractivity contribution in [1.82, 2.24) is 0 Å². The van der Waals surface area contributed by atoms with E-state index in [9.17, 15) is 0 Å². The Bertz CT molecular complexity index is 1330. The molecule has 0 aromatic heterocycles. The first-order valence-corrected chi connectivity index (χ1v) is 12.4. The van der Waals surface area contributed by atoms with Crippen molar-refractivity contribution in [3.63, 3.8) is 0 Å². The number of aryl methyl sites for hydroxylation is 6. The van der Waals surface area contributed by atoms with Crippen LogP contribution in [0.15, 0.2) is 54.6 Å². The molecule has 0 aliphatic carbocycles. The van der Waals surface area contributed by atoms with Crippen LogP contribution in [0.3, 0.4) is 0 Å². The lowest BCUT2D eigenvalue weighted by molar-refractivity contribution is 0.857. The Kier molecular flexibility index (Phi) is 6.48. The molecule has 0 atom stereocenters. The Morgan fingerprint density at radius 1 is 0.606 bits per heavy atom. The maximum Gasteiger partial charge on any atom is -0.00203 e. The fraction of sp³-hybridized carbons (Fsp3) is 0.333. The zero-order chi connectivity index (χ0) is 23.9. The van der Waals surface area contributed by atoms with Crippen LogP contribution in [-0.2, 0) is 12.8 Å². The summed E-state index contributed by atoms with van der Waals surface area (Å²) in [6.07, 6.45) is 2.07. The molecule has 0 spiro atoms. The van der Waals surface area contributed by atoms with Gasteiger partial charge >= 0.3 is 0 Å². The minimum absolute atomic E-state index is 0.564. The van der Waals surface area contributed by atoms with Crippen molar-refractivity contribution in [3.8, 4) is 11.1 Å². The largest absolute Gasteiger partial charge is 0.0613 e. The van der Waals surface area contributed by atoms with Crippen LogP contribution in [0, 0.1) is 34.6 Å². The molecule has 0 unspecified atom stereocenters. The molecule has 0 heterocycles. The summed E-state index contributed by atoms with van der Waals surface area (Å²) < 4.78 is 0. The summed E-state index contributed by atoms with van der Waals surface area (Å²) in [6, 6.07) is 21.0. The molecule has 4 rings (SSSR count). The van der Waals surface area contributed by atoms with Crippen LogP contribution in [0.2, 0.25) is 0 Å². The molecule has 0 saturated carbocycles. The molecular formula is C33H38. The van der Waals surface area contributed by atoms with Crippen molar-refractivity contribution >= 4 is 10.8 Å². The first-order valence-electron chi connectivity index (χ1n) is 12.4. The normalized spacial score (nSPS) is 11.5. The van der Waals surface area contributed by atoms with Crippen LogP contribution in [0.25, 0.3) is 21.9 Å². The first-order chi connectivity index (χ1) is 15.7. The second-order valence-corrected chi connectivity index (χ2v) is 10.1. The summed E-state index contributed by atoms with van der Waals surface area (Å²) in [6.45, 7) is 18.1. The molecule has 0 amide bonds. The average Bonchev–Trinajstić information content (AvgIpc) is 2.78. The van der Waals surface area contributed by atoms with E-state index in [2.05, 4.69) is 110 Å². The first kappa shape index (κ1) is 23.3. The molecule has 0 saturated heterocycles. The maximum absolute atomic E-state index is 2.37. The molecule has 33 heavy (non-hydrogen) atoms. The smallest absolute Gasteiger partial charge is 0.00203 e. The highest BCUT2D eigenvalue weighted by atomic mass is 14.2. The van der Waals surface area contributed by atoms with E-state index < -0.39 is 0 Å². The Hall–Kier alpha value is -2.86. The van der Waals surface area contributed by atoms with Crippen molar-refractivity contribution in [2.45, 2.75) is 74.1 Å². The van der Waals surface area contributed by atoms with Crippen molar-refractivity contribution in [3.05, 3.63) is 105 Å². The lowest BCUT2D eigenvalue weighted by Gasteiger charge is -2.17. The molecule has 170 valence electrons. The van der Waals surface area contributed by atoms with E-state index in [-0.39, 0.29) is 0 Å². The predicted octanol–water partition coefficient (Wildman–Crippen LogP) is 9.33. The molecular weight excluding hydrogens is 396 g/mol. The van der Waals surface area contributed by atoms with E-state index in [1.165, 1.54) is 72.0 Å². The molecule has 4 aromatic rings. The van der Waals surface area contributed by atoms with Gasteiger partial charge in [0, 0.05) is 0 Å². The highest BCUT2D eigenvalue weighted by Crippen LogP contribution is 2.33. The SMILES string of the molecule is CCc1cc(C)c2ccc(Cc3ccc(-c4ccc(C(C)C)c(C)c4)cc3C)c(C)c2c1C. The highest BCUT2D eigenvalue weighted by Gasteiger charge is 2.13. The number of hydrogen-bond donors (Lipinski definition) is 0. The van der Waals surface area contributed by atoms with E-state index >= 15 is 0 Å². The van der Waals surface area contributed by atoms with Gasteiger partial charge < -0.3 is 0 Å². The van der Waals surface area contributed by atoms with Gasteiger partial charge in [-0.3, -0.25) is 0 Å². The molecule has 0 aliphatic heterocycles. The van der Waals surface area contributed by atoms with E-state index in [1.54, 1.807) is 0 Å². The van der Waals surface area contributed by atoms with Crippen molar-refractivity contribution in [2.24, 2.45) is 0 Å². The van der Waals surface area contributed by atoms with Crippen LogP contribution >= 0.6 is 0 Å². The molecule has 0 radical (unpaired) electrons. The second kappa shape index (κ2) is 9.18. The number of hydrogen-bond acceptors (Lipinski definition) is 0. The van der Waals surface area contributed by atoms with Gasteiger partial charge in [0.1, 0.15) is 0 Å². The molecule has 0 aliphatic rings. The van der Waals surface area contributed by atoms with Gasteiger partial charge in [-0.05, 0) is 125 Å². The molecule has 0 bridgehead atoms. The summed E-state index contributed by atoms with van der Waals surface area (Å²) >= 11 is 0. The Labute approximate surface area is 200 Å². The van der Waals surface area contributed by atoms with Crippen LogP contribution in [0.1, 0.15) is 76.8 Å². The van der Waals surface area contributed by atoms with Crippen LogP contribution < -0.4 is 0 Å². The fourth-order valence-electron chi connectivity index (χ4n) is 5.52. The van der Waals surface area contributed by atoms with Crippen molar-refractivity contribution in [2.75, 3.05) is 0 Å². The summed E-state index contributed by atoms with van der Waals surface area (Å²) in [5, 5.41) is 2.86. The lowest BCUT2D eigenvalue weighted by atomic mass is 9.87. The number of fused-ring (bicyclic) bond motifs is 1. The summed E-state index contributed by atoms with van der Waals surface area (Å²) in [5.41, 5.74) is 15.4. The van der Waals surface area contributed by atoms with E-state index in [0.717, 1.165) is 12.8 Å². The number of rotatable bonds is 5. The fourth-order valence-corrected chi connectivity index (χ4v) is 5.52. The Morgan fingerprint density at radius 2 is 1.21 bits per heavy atom. The molecule has 0 nitrogen and oxygen atoms in total.